The van der Waals surface area contributed by atoms with Gasteiger partial charge in [-0.3, -0.25) is 13.9 Å². The van der Waals surface area contributed by atoms with Gasteiger partial charge in [-0.1, -0.05) is 67.4 Å². The SMILES string of the molecule is CCC(C)NC(=O)C(CC)N(Cc1ccccc1Cl)C(=O)CN(c1ccc(C)c(C)c1)S(=O)(=O)c1ccc(C)cc1. The van der Waals surface area contributed by atoms with Gasteiger partial charge < -0.3 is 10.2 Å². The molecule has 9 heteroatoms. The number of nitrogens with one attached hydrogen (secondary N) is 1. The van der Waals surface area contributed by atoms with E-state index in [1.54, 1.807) is 54.6 Å². The molecule has 3 aromatic carbocycles. The molecule has 3 aromatic rings. The van der Waals surface area contributed by atoms with Crippen molar-refractivity contribution in [2.75, 3.05) is 10.8 Å². The predicted molar refractivity (Wildman–Crippen MR) is 166 cm³/mol. The van der Waals surface area contributed by atoms with Crippen LogP contribution in [0.2, 0.25) is 5.02 Å². The second-order valence-electron chi connectivity index (χ2n) is 10.4. The van der Waals surface area contributed by atoms with E-state index in [-0.39, 0.29) is 23.4 Å². The average molecular weight is 598 g/mol. The van der Waals surface area contributed by atoms with E-state index < -0.39 is 28.5 Å². The second kappa shape index (κ2) is 14.0. The fourth-order valence-corrected chi connectivity index (χ4v) is 6.02. The summed E-state index contributed by atoms with van der Waals surface area (Å²) in [5, 5.41) is 3.44. The number of halogens is 1. The van der Waals surface area contributed by atoms with E-state index in [0.717, 1.165) is 27.4 Å². The van der Waals surface area contributed by atoms with E-state index in [9.17, 15) is 18.0 Å². The quantitative estimate of drug-likeness (QED) is 0.270. The molecule has 1 N–H and O–H groups in total. The molecule has 0 aliphatic rings. The smallest absolute Gasteiger partial charge is 0.264 e. The van der Waals surface area contributed by atoms with Crippen LogP contribution < -0.4 is 9.62 Å². The molecule has 0 fully saturated rings. The Morgan fingerprint density at radius 3 is 2.15 bits per heavy atom. The molecule has 0 spiro atoms. The first kappa shape index (κ1) is 32.2. The third-order valence-electron chi connectivity index (χ3n) is 7.35. The lowest BCUT2D eigenvalue weighted by Crippen LogP contribution is -2.53. The second-order valence-corrected chi connectivity index (χ2v) is 12.7. The molecule has 0 heterocycles. The van der Waals surface area contributed by atoms with Crippen LogP contribution in [0, 0.1) is 20.8 Å². The summed E-state index contributed by atoms with van der Waals surface area (Å²) in [6.07, 6.45) is 1.07. The van der Waals surface area contributed by atoms with Crippen molar-refractivity contribution in [1.29, 1.82) is 0 Å². The number of sulfonamides is 1. The third-order valence-corrected chi connectivity index (χ3v) is 9.51. The fraction of sp³-hybridized carbons (Fsp3) is 0.375. The highest BCUT2D eigenvalue weighted by atomic mass is 35.5. The van der Waals surface area contributed by atoms with Crippen LogP contribution in [-0.2, 0) is 26.2 Å². The lowest BCUT2D eigenvalue weighted by atomic mass is 10.1. The molecule has 0 aliphatic heterocycles. The minimum Gasteiger partial charge on any atom is -0.352 e. The number of hydrogen-bond acceptors (Lipinski definition) is 4. The summed E-state index contributed by atoms with van der Waals surface area (Å²) in [4.78, 5) is 29.1. The molecule has 0 radical (unpaired) electrons. The van der Waals surface area contributed by atoms with Crippen LogP contribution in [0.25, 0.3) is 0 Å². The summed E-state index contributed by atoms with van der Waals surface area (Å²) in [6.45, 7) is 11.0. The topological polar surface area (TPSA) is 86.8 Å². The Balaban J connectivity index is 2.10. The Hall–Kier alpha value is -3.36. The lowest BCUT2D eigenvalue weighted by Gasteiger charge is -2.34. The Morgan fingerprint density at radius 2 is 1.56 bits per heavy atom. The Morgan fingerprint density at radius 1 is 0.902 bits per heavy atom. The van der Waals surface area contributed by atoms with Gasteiger partial charge in [0.2, 0.25) is 11.8 Å². The zero-order chi connectivity index (χ0) is 30.3. The number of benzene rings is 3. The van der Waals surface area contributed by atoms with Gasteiger partial charge in [0.15, 0.2) is 0 Å². The van der Waals surface area contributed by atoms with E-state index >= 15 is 0 Å². The van der Waals surface area contributed by atoms with Gasteiger partial charge >= 0.3 is 0 Å². The molecular formula is C32H40ClN3O4S. The molecule has 0 bridgehead atoms. The fourth-order valence-electron chi connectivity index (χ4n) is 4.42. The highest BCUT2D eigenvalue weighted by Gasteiger charge is 2.34. The van der Waals surface area contributed by atoms with Crippen LogP contribution in [0.3, 0.4) is 0 Å². The highest BCUT2D eigenvalue weighted by molar-refractivity contribution is 7.92. The number of aryl methyl sites for hydroxylation is 3. The van der Waals surface area contributed by atoms with E-state index in [4.69, 9.17) is 11.6 Å². The minimum absolute atomic E-state index is 0.0519. The molecule has 0 saturated heterocycles. The number of hydrogen-bond donors (Lipinski definition) is 1. The summed E-state index contributed by atoms with van der Waals surface area (Å²) < 4.78 is 29.2. The molecular weight excluding hydrogens is 558 g/mol. The van der Waals surface area contributed by atoms with Crippen molar-refractivity contribution < 1.29 is 18.0 Å². The van der Waals surface area contributed by atoms with Crippen LogP contribution >= 0.6 is 11.6 Å². The molecule has 7 nitrogen and oxygen atoms in total. The van der Waals surface area contributed by atoms with Crippen molar-refractivity contribution in [3.8, 4) is 0 Å². The summed E-state index contributed by atoms with van der Waals surface area (Å²) >= 11 is 6.46. The molecule has 2 unspecified atom stereocenters. The van der Waals surface area contributed by atoms with Crippen LogP contribution in [0.1, 0.15) is 55.9 Å². The highest BCUT2D eigenvalue weighted by Crippen LogP contribution is 2.27. The summed E-state index contributed by atoms with van der Waals surface area (Å²) in [6, 6.07) is 18.1. The largest absolute Gasteiger partial charge is 0.352 e. The molecule has 41 heavy (non-hydrogen) atoms. The molecule has 0 aliphatic carbocycles. The first-order valence-electron chi connectivity index (χ1n) is 13.9. The minimum atomic E-state index is -4.13. The van der Waals surface area contributed by atoms with Crippen LogP contribution in [0.4, 0.5) is 5.69 Å². The van der Waals surface area contributed by atoms with Crippen molar-refractivity contribution in [3.05, 3.63) is 94.0 Å². The van der Waals surface area contributed by atoms with Gasteiger partial charge in [-0.05, 0) is 87.6 Å². The molecule has 220 valence electrons. The average Bonchev–Trinajstić information content (AvgIpc) is 2.94. The van der Waals surface area contributed by atoms with Crippen molar-refractivity contribution in [2.45, 2.75) is 77.9 Å². The van der Waals surface area contributed by atoms with Gasteiger partial charge in [0.05, 0.1) is 10.6 Å². The van der Waals surface area contributed by atoms with Crippen molar-refractivity contribution >= 4 is 39.1 Å². The van der Waals surface area contributed by atoms with Crippen molar-refractivity contribution in [2.24, 2.45) is 0 Å². The maximum atomic E-state index is 14.2. The molecule has 2 atom stereocenters. The van der Waals surface area contributed by atoms with Gasteiger partial charge in [-0.15, -0.1) is 0 Å². The van der Waals surface area contributed by atoms with Gasteiger partial charge in [-0.2, -0.15) is 0 Å². The zero-order valence-electron chi connectivity index (χ0n) is 24.6. The van der Waals surface area contributed by atoms with Gasteiger partial charge in [0, 0.05) is 17.6 Å². The zero-order valence-corrected chi connectivity index (χ0v) is 26.2. The normalized spacial score (nSPS) is 12.9. The lowest BCUT2D eigenvalue weighted by molar-refractivity contribution is -0.140. The van der Waals surface area contributed by atoms with Gasteiger partial charge in [-0.25, -0.2) is 8.42 Å². The summed E-state index contributed by atoms with van der Waals surface area (Å²) in [7, 11) is -4.13. The number of carbonyl (C=O) groups is 2. The first-order chi connectivity index (χ1) is 19.4. The monoisotopic (exact) mass is 597 g/mol. The van der Waals surface area contributed by atoms with Crippen molar-refractivity contribution in [3.63, 3.8) is 0 Å². The van der Waals surface area contributed by atoms with E-state index in [1.807, 2.05) is 53.7 Å². The number of carbonyl (C=O) groups excluding carboxylic acids is 2. The van der Waals surface area contributed by atoms with Crippen LogP contribution in [-0.4, -0.2) is 43.8 Å². The van der Waals surface area contributed by atoms with Crippen molar-refractivity contribution in [1.82, 2.24) is 10.2 Å². The number of anilines is 1. The Labute approximate surface area is 249 Å². The molecule has 0 saturated carbocycles. The van der Waals surface area contributed by atoms with E-state index in [0.29, 0.717) is 22.7 Å². The van der Waals surface area contributed by atoms with Gasteiger partial charge in [0.1, 0.15) is 12.6 Å². The maximum Gasteiger partial charge on any atom is 0.264 e. The Bertz CT molecular complexity index is 1470. The van der Waals surface area contributed by atoms with E-state index in [1.165, 1.54) is 4.90 Å². The van der Waals surface area contributed by atoms with E-state index in [2.05, 4.69) is 5.32 Å². The maximum absolute atomic E-state index is 14.2. The van der Waals surface area contributed by atoms with Crippen LogP contribution in [0.15, 0.2) is 71.6 Å². The number of nitrogens with zero attached hydrogens (tertiary/aromatic N) is 2. The van der Waals surface area contributed by atoms with Gasteiger partial charge in [0.25, 0.3) is 10.0 Å². The third kappa shape index (κ3) is 7.89. The summed E-state index contributed by atoms with van der Waals surface area (Å²) in [5.74, 6) is -0.800. The standard InChI is InChI=1S/C32H40ClN3O4S/c1-7-25(6)34-32(38)30(8-2)35(20-26-11-9-10-12-29(26)33)31(37)21-36(27-16-15-23(4)24(5)19-27)41(39,40)28-17-13-22(3)14-18-28/h9-19,25,30H,7-8,20-21H2,1-6H3,(H,34,38). The predicted octanol–water partition coefficient (Wildman–Crippen LogP) is 6.18. The first-order valence-corrected chi connectivity index (χ1v) is 15.7. The molecule has 3 rings (SSSR count). The molecule has 2 amide bonds. The number of rotatable bonds is 12. The van der Waals surface area contributed by atoms with Crippen LogP contribution in [0.5, 0.6) is 0 Å². The Kier molecular flexibility index (Phi) is 11.0. The summed E-state index contributed by atoms with van der Waals surface area (Å²) in [5.41, 5.74) is 3.85. The number of amides is 2. The molecule has 0 aromatic heterocycles.